The third-order valence-corrected chi connectivity index (χ3v) is 2.59. The lowest BCUT2D eigenvalue weighted by atomic mass is 10.0. The molecule has 16 heavy (non-hydrogen) atoms. The topological polar surface area (TPSA) is 21.3 Å². The van der Waals surface area contributed by atoms with Crippen molar-refractivity contribution in [1.29, 1.82) is 0 Å². The van der Waals surface area contributed by atoms with Crippen molar-refractivity contribution >= 4 is 0 Å². The average molecular weight is 221 g/mol. The van der Waals surface area contributed by atoms with Crippen molar-refractivity contribution in [2.45, 2.75) is 33.3 Å². The van der Waals surface area contributed by atoms with E-state index in [2.05, 4.69) is 50.4 Å². The van der Waals surface area contributed by atoms with Gasteiger partial charge in [-0.05, 0) is 23.6 Å². The van der Waals surface area contributed by atoms with Crippen LogP contribution in [0.1, 0.15) is 37.8 Å². The molecule has 1 rings (SSSR count). The zero-order valence-electron chi connectivity index (χ0n) is 10.6. The third-order valence-electron chi connectivity index (χ3n) is 2.59. The summed E-state index contributed by atoms with van der Waals surface area (Å²) in [5.41, 5.74) is 2.64. The Hall–Kier alpha value is -0.860. The fraction of sp³-hybridized carbons (Fsp3) is 0.571. The van der Waals surface area contributed by atoms with Crippen LogP contribution < -0.4 is 5.32 Å². The molecule has 0 unspecified atom stereocenters. The Morgan fingerprint density at radius 3 is 2.44 bits per heavy atom. The highest BCUT2D eigenvalue weighted by Crippen LogP contribution is 2.14. The fourth-order valence-electron chi connectivity index (χ4n) is 1.51. The predicted molar refractivity (Wildman–Crippen MR) is 68.7 cm³/mol. The summed E-state index contributed by atoms with van der Waals surface area (Å²) in [6.07, 6.45) is 0. The molecule has 1 N–H and O–H groups in total. The van der Waals surface area contributed by atoms with E-state index in [1.54, 1.807) is 0 Å². The molecular formula is C14H23NO. The van der Waals surface area contributed by atoms with Crippen LogP contribution in [0.5, 0.6) is 0 Å². The summed E-state index contributed by atoms with van der Waals surface area (Å²) in [6, 6.07) is 8.69. The van der Waals surface area contributed by atoms with Gasteiger partial charge >= 0.3 is 0 Å². The van der Waals surface area contributed by atoms with Gasteiger partial charge in [-0.25, -0.2) is 0 Å². The van der Waals surface area contributed by atoms with Crippen LogP contribution in [0.3, 0.4) is 0 Å². The van der Waals surface area contributed by atoms with Gasteiger partial charge in [0.05, 0.1) is 13.2 Å². The maximum absolute atomic E-state index is 5.56. The van der Waals surface area contributed by atoms with E-state index in [1.165, 1.54) is 11.1 Å². The summed E-state index contributed by atoms with van der Waals surface area (Å²) < 4.78 is 5.56. The van der Waals surface area contributed by atoms with E-state index in [9.17, 15) is 0 Å². The molecule has 0 saturated carbocycles. The van der Waals surface area contributed by atoms with E-state index in [-0.39, 0.29) is 0 Å². The van der Waals surface area contributed by atoms with Gasteiger partial charge in [-0.2, -0.15) is 0 Å². The second-order valence-corrected chi connectivity index (χ2v) is 4.30. The molecule has 0 fully saturated rings. The lowest BCUT2D eigenvalue weighted by molar-refractivity contribution is 0.123. The van der Waals surface area contributed by atoms with Gasteiger partial charge in [0, 0.05) is 6.54 Å². The molecule has 1 aromatic rings. The van der Waals surface area contributed by atoms with Crippen LogP contribution in [0.2, 0.25) is 0 Å². The van der Waals surface area contributed by atoms with E-state index in [4.69, 9.17) is 4.74 Å². The second kappa shape index (κ2) is 7.42. The Labute approximate surface area is 99.0 Å². The van der Waals surface area contributed by atoms with Crippen molar-refractivity contribution in [3.05, 3.63) is 35.4 Å². The molecule has 0 aliphatic heterocycles. The lowest BCUT2D eigenvalue weighted by Crippen LogP contribution is -2.18. The highest BCUT2D eigenvalue weighted by molar-refractivity contribution is 5.24. The first-order chi connectivity index (χ1) is 7.74. The molecule has 0 aliphatic carbocycles. The molecule has 0 heterocycles. The summed E-state index contributed by atoms with van der Waals surface area (Å²) in [5.74, 6) is 0.601. The summed E-state index contributed by atoms with van der Waals surface area (Å²) in [5, 5.41) is 3.23. The largest absolute Gasteiger partial charge is 0.375 e. The van der Waals surface area contributed by atoms with Crippen LogP contribution in [0, 0.1) is 0 Å². The SMILES string of the molecule is CCNCCOCc1ccc(C(C)C)cc1. The number of nitrogens with one attached hydrogen (secondary N) is 1. The first-order valence-corrected chi connectivity index (χ1v) is 6.11. The molecule has 0 saturated heterocycles. The Morgan fingerprint density at radius 2 is 1.88 bits per heavy atom. The lowest BCUT2D eigenvalue weighted by Gasteiger charge is -2.08. The standard InChI is InChI=1S/C14H23NO/c1-4-15-9-10-16-11-13-5-7-14(8-6-13)12(2)3/h5-8,12,15H,4,9-11H2,1-3H3. The minimum absolute atomic E-state index is 0.601. The normalized spacial score (nSPS) is 11.0. The van der Waals surface area contributed by atoms with Crippen molar-refractivity contribution in [1.82, 2.24) is 5.32 Å². The number of ether oxygens (including phenoxy) is 1. The Balaban J connectivity index is 2.27. The second-order valence-electron chi connectivity index (χ2n) is 4.30. The third kappa shape index (κ3) is 4.77. The van der Waals surface area contributed by atoms with E-state index >= 15 is 0 Å². The van der Waals surface area contributed by atoms with Crippen LogP contribution in [-0.4, -0.2) is 19.7 Å². The first kappa shape index (κ1) is 13.2. The summed E-state index contributed by atoms with van der Waals surface area (Å²) >= 11 is 0. The summed E-state index contributed by atoms with van der Waals surface area (Å²) in [6.45, 7) is 9.95. The maximum atomic E-state index is 5.56. The molecule has 0 amide bonds. The smallest absolute Gasteiger partial charge is 0.0717 e. The molecule has 0 radical (unpaired) electrons. The van der Waals surface area contributed by atoms with Gasteiger partial charge in [0.15, 0.2) is 0 Å². The van der Waals surface area contributed by atoms with Gasteiger partial charge in [-0.15, -0.1) is 0 Å². The zero-order valence-corrected chi connectivity index (χ0v) is 10.6. The quantitative estimate of drug-likeness (QED) is 0.715. The monoisotopic (exact) mass is 221 g/mol. The molecule has 0 aromatic heterocycles. The zero-order chi connectivity index (χ0) is 11.8. The highest BCUT2D eigenvalue weighted by Gasteiger charge is 1.98. The van der Waals surface area contributed by atoms with Crippen LogP contribution in [0.15, 0.2) is 24.3 Å². The Kier molecular flexibility index (Phi) is 6.12. The first-order valence-electron chi connectivity index (χ1n) is 6.11. The Bertz CT molecular complexity index is 279. The van der Waals surface area contributed by atoms with Crippen LogP contribution >= 0.6 is 0 Å². The molecule has 0 bridgehead atoms. The number of rotatable bonds is 7. The van der Waals surface area contributed by atoms with E-state index in [0.29, 0.717) is 12.5 Å². The van der Waals surface area contributed by atoms with E-state index < -0.39 is 0 Å². The van der Waals surface area contributed by atoms with Gasteiger partial charge in [-0.1, -0.05) is 45.0 Å². The van der Waals surface area contributed by atoms with Crippen molar-refractivity contribution in [3.63, 3.8) is 0 Å². The van der Waals surface area contributed by atoms with Gasteiger partial charge in [0.25, 0.3) is 0 Å². The van der Waals surface area contributed by atoms with E-state index in [1.807, 2.05) is 0 Å². The molecule has 2 heteroatoms. The molecule has 0 spiro atoms. The fourth-order valence-corrected chi connectivity index (χ4v) is 1.51. The van der Waals surface area contributed by atoms with E-state index in [0.717, 1.165) is 19.7 Å². The van der Waals surface area contributed by atoms with Crippen molar-refractivity contribution in [2.24, 2.45) is 0 Å². The van der Waals surface area contributed by atoms with Crippen molar-refractivity contribution in [3.8, 4) is 0 Å². The summed E-state index contributed by atoms with van der Waals surface area (Å²) in [7, 11) is 0. The molecule has 2 nitrogen and oxygen atoms in total. The molecule has 1 aromatic carbocycles. The number of benzene rings is 1. The summed E-state index contributed by atoms with van der Waals surface area (Å²) in [4.78, 5) is 0. The minimum Gasteiger partial charge on any atom is -0.375 e. The molecule has 0 atom stereocenters. The molecule has 0 aliphatic rings. The van der Waals surface area contributed by atoms with Gasteiger partial charge in [0.2, 0.25) is 0 Å². The predicted octanol–water partition coefficient (Wildman–Crippen LogP) is 2.94. The van der Waals surface area contributed by atoms with Gasteiger partial charge in [-0.3, -0.25) is 0 Å². The Morgan fingerprint density at radius 1 is 1.19 bits per heavy atom. The number of hydrogen-bond acceptors (Lipinski definition) is 2. The number of hydrogen-bond donors (Lipinski definition) is 1. The van der Waals surface area contributed by atoms with Crippen LogP contribution in [-0.2, 0) is 11.3 Å². The van der Waals surface area contributed by atoms with Crippen LogP contribution in [0.4, 0.5) is 0 Å². The minimum atomic E-state index is 0.601. The van der Waals surface area contributed by atoms with Crippen molar-refractivity contribution in [2.75, 3.05) is 19.7 Å². The molecular weight excluding hydrogens is 198 g/mol. The maximum Gasteiger partial charge on any atom is 0.0717 e. The highest BCUT2D eigenvalue weighted by atomic mass is 16.5. The number of likely N-dealkylation sites (N-methyl/N-ethyl adjacent to an activating group) is 1. The van der Waals surface area contributed by atoms with Gasteiger partial charge < -0.3 is 10.1 Å². The molecule has 90 valence electrons. The van der Waals surface area contributed by atoms with Gasteiger partial charge in [0.1, 0.15) is 0 Å². The van der Waals surface area contributed by atoms with Crippen LogP contribution in [0.25, 0.3) is 0 Å². The van der Waals surface area contributed by atoms with Crippen molar-refractivity contribution < 1.29 is 4.74 Å². The average Bonchev–Trinajstić information content (AvgIpc) is 2.29.